The Morgan fingerprint density at radius 3 is 2.61 bits per heavy atom. The van der Waals surface area contributed by atoms with Gasteiger partial charge in [-0.3, -0.25) is 10.2 Å². The number of benzene rings is 2. The molecule has 1 saturated carbocycles. The number of hydrogen-bond donors (Lipinski definition) is 3. The van der Waals surface area contributed by atoms with E-state index < -0.39 is 11.9 Å². The van der Waals surface area contributed by atoms with Crippen molar-refractivity contribution in [3.63, 3.8) is 0 Å². The summed E-state index contributed by atoms with van der Waals surface area (Å²) in [4.78, 5) is 27.0. The van der Waals surface area contributed by atoms with Gasteiger partial charge in [0.15, 0.2) is 12.1 Å². The fraction of sp³-hybridized carbons (Fsp3) is 0.258. The van der Waals surface area contributed by atoms with Crippen LogP contribution in [0, 0.1) is 5.41 Å². The number of nitrogen functional groups attached to an aromatic ring is 1. The van der Waals surface area contributed by atoms with Crippen LogP contribution in [0.25, 0.3) is 0 Å². The number of ether oxygens (including phenoxy) is 1. The molecular weight excluding hydrogens is 521 g/mol. The minimum atomic E-state index is -0.464. The number of nitrogens with one attached hydrogen (secondary N) is 2. The van der Waals surface area contributed by atoms with E-state index >= 15 is 0 Å². The first-order valence-electron chi connectivity index (χ1n) is 13.5. The Balaban J connectivity index is 1.48. The lowest BCUT2D eigenvalue weighted by Crippen LogP contribution is -2.40. The van der Waals surface area contributed by atoms with E-state index in [1.807, 2.05) is 55.3 Å². The highest BCUT2D eigenvalue weighted by atomic mass is 19.1. The van der Waals surface area contributed by atoms with Gasteiger partial charge in [-0.1, -0.05) is 30.3 Å². The number of allylic oxidation sites excluding steroid dienone is 4. The van der Waals surface area contributed by atoms with E-state index in [1.54, 1.807) is 18.2 Å². The summed E-state index contributed by atoms with van der Waals surface area (Å²) in [6.07, 6.45) is 6.23. The summed E-state index contributed by atoms with van der Waals surface area (Å²) in [5.41, 5.74) is 8.92. The van der Waals surface area contributed by atoms with Crippen molar-refractivity contribution in [3.8, 4) is 0 Å². The van der Waals surface area contributed by atoms with Crippen LogP contribution >= 0.6 is 0 Å². The minimum absolute atomic E-state index is 0.0413. The minimum Gasteiger partial charge on any atom is -0.492 e. The van der Waals surface area contributed by atoms with Crippen LogP contribution in [0.1, 0.15) is 48.5 Å². The number of carbonyl (C=O) groups is 1. The predicted molar refractivity (Wildman–Crippen MR) is 160 cm³/mol. The summed E-state index contributed by atoms with van der Waals surface area (Å²) >= 11 is 0. The zero-order chi connectivity index (χ0) is 28.9. The maximum Gasteiger partial charge on any atom is 0.161 e. The van der Waals surface area contributed by atoms with E-state index in [1.165, 1.54) is 12.4 Å². The number of anilines is 3. The second kappa shape index (κ2) is 12.1. The number of amidine groups is 1. The molecule has 0 saturated heterocycles. The number of carbonyl (C=O) groups excluding carboxylic acids is 1. The second-order valence-electron chi connectivity index (χ2n) is 10.0. The first-order valence-corrected chi connectivity index (χ1v) is 13.5. The molecule has 2 aliphatic rings. The molecule has 1 unspecified atom stereocenters. The fourth-order valence-corrected chi connectivity index (χ4v) is 4.62. The van der Waals surface area contributed by atoms with Crippen LogP contribution < -0.4 is 16.0 Å². The number of nitrogens with zero attached hydrogens (tertiary/aromatic N) is 4. The molecule has 5 rings (SSSR count). The lowest BCUT2D eigenvalue weighted by Gasteiger charge is -2.28. The Morgan fingerprint density at radius 2 is 1.90 bits per heavy atom. The van der Waals surface area contributed by atoms with Crippen molar-refractivity contribution < 1.29 is 13.9 Å². The summed E-state index contributed by atoms with van der Waals surface area (Å²) in [5, 5.41) is 12.3. The van der Waals surface area contributed by atoms with Gasteiger partial charge in [0.05, 0.1) is 29.1 Å². The lowest BCUT2D eigenvalue weighted by atomic mass is 9.94. The van der Waals surface area contributed by atoms with Gasteiger partial charge in [-0.05, 0) is 62.1 Å². The van der Waals surface area contributed by atoms with Gasteiger partial charge in [-0.25, -0.2) is 19.4 Å². The highest BCUT2D eigenvalue weighted by Gasteiger charge is 2.29. The van der Waals surface area contributed by atoms with Crippen LogP contribution in [0.2, 0.25) is 0 Å². The third kappa shape index (κ3) is 6.32. The highest BCUT2D eigenvalue weighted by molar-refractivity contribution is 6.16. The normalized spacial score (nSPS) is 16.1. The molecule has 0 spiro atoms. The molecule has 0 amide bonds. The van der Waals surface area contributed by atoms with Crippen molar-refractivity contribution in [3.05, 3.63) is 95.3 Å². The van der Waals surface area contributed by atoms with Gasteiger partial charge in [-0.15, -0.1) is 0 Å². The van der Waals surface area contributed by atoms with Crippen LogP contribution in [0.5, 0.6) is 0 Å². The first-order chi connectivity index (χ1) is 19.9. The summed E-state index contributed by atoms with van der Waals surface area (Å²) in [5.74, 6) is 0.889. The number of rotatable bonds is 10. The molecule has 1 atom stereocenters. The lowest BCUT2D eigenvalue weighted by molar-refractivity contribution is 0.112. The standard InChI is InChI=1S/C31H32FN7O2/c1-19(31(39(2)22-9-4-3-5-10-22)38-25-11-7-6-8-21(25)17-40)37-30-27(29(34)35-18-36-30)28(33)20-12-15-26(24(32)16-20)41-23-13-14-23/h3-11,16-19,23,33H,12-15H2,1-2H3,(H3,34,35,36,37). The fourth-order valence-electron chi connectivity index (χ4n) is 4.62. The molecule has 0 aliphatic heterocycles. The van der Waals surface area contributed by atoms with Crippen molar-refractivity contribution in [1.82, 2.24) is 9.97 Å². The quantitative estimate of drug-likeness (QED) is 0.160. The molecule has 41 heavy (non-hydrogen) atoms. The number of hydrogen-bond acceptors (Lipinski definition) is 8. The summed E-state index contributed by atoms with van der Waals surface area (Å²) in [6, 6.07) is 16.3. The van der Waals surface area contributed by atoms with Gasteiger partial charge in [-0.2, -0.15) is 0 Å². The maximum atomic E-state index is 14.9. The van der Waals surface area contributed by atoms with Gasteiger partial charge in [0.1, 0.15) is 29.6 Å². The number of para-hydroxylation sites is 2. The molecule has 10 heteroatoms. The van der Waals surface area contributed by atoms with Crippen molar-refractivity contribution in [1.29, 1.82) is 5.41 Å². The number of aldehydes is 1. The molecule has 2 aromatic carbocycles. The molecule has 3 aromatic rings. The zero-order valence-corrected chi connectivity index (χ0v) is 23.0. The Labute approximate surface area is 238 Å². The van der Waals surface area contributed by atoms with E-state index in [9.17, 15) is 9.18 Å². The summed E-state index contributed by atoms with van der Waals surface area (Å²) in [6.45, 7) is 1.90. The van der Waals surface area contributed by atoms with Gasteiger partial charge in [0.2, 0.25) is 0 Å². The Morgan fingerprint density at radius 1 is 1.17 bits per heavy atom. The molecule has 2 aliphatic carbocycles. The average Bonchev–Trinajstić information content (AvgIpc) is 3.81. The summed E-state index contributed by atoms with van der Waals surface area (Å²) in [7, 11) is 1.89. The molecule has 1 aromatic heterocycles. The van der Waals surface area contributed by atoms with Crippen LogP contribution in [0.4, 0.5) is 27.4 Å². The number of likely N-dealkylation sites (N-methyl/N-ethyl adjacent to an activating group) is 1. The van der Waals surface area contributed by atoms with Crippen molar-refractivity contribution >= 4 is 40.8 Å². The van der Waals surface area contributed by atoms with Gasteiger partial charge >= 0.3 is 0 Å². The van der Waals surface area contributed by atoms with Gasteiger partial charge in [0.25, 0.3) is 0 Å². The molecular formula is C31H32FN7O2. The van der Waals surface area contributed by atoms with Crippen LogP contribution in [0.3, 0.4) is 0 Å². The van der Waals surface area contributed by atoms with E-state index in [0.29, 0.717) is 47.1 Å². The third-order valence-electron chi connectivity index (χ3n) is 7.00. The first kappa shape index (κ1) is 27.7. The van der Waals surface area contributed by atoms with Gasteiger partial charge < -0.3 is 20.7 Å². The molecule has 210 valence electrons. The van der Waals surface area contributed by atoms with E-state index in [-0.39, 0.29) is 23.2 Å². The molecule has 4 N–H and O–H groups in total. The molecule has 0 bridgehead atoms. The third-order valence-corrected chi connectivity index (χ3v) is 7.00. The number of halogens is 1. The number of aromatic nitrogens is 2. The van der Waals surface area contributed by atoms with Crippen LogP contribution in [-0.2, 0) is 4.74 Å². The number of aliphatic imine (C=N–C) groups is 1. The van der Waals surface area contributed by atoms with E-state index in [2.05, 4.69) is 15.3 Å². The Kier molecular flexibility index (Phi) is 8.19. The number of nitrogens with two attached hydrogens (primary N) is 1. The maximum absolute atomic E-state index is 14.9. The molecule has 0 radical (unpaired) electrons. The Bertz CT molecular complexity index is 1550. The smallest absolute Gasteiger partial charge is 0.161 e. The zero-order valence-electron chi connectivity index (χ0n) is 23.0. The van der Waals surface area contributed by atoms with Crippen LogP contribution in [-0.4, -0.2) is 47.0 Å². The molecule has 1 fully saturated rings. The average molecular weight is 554 g/mol. The predicted octanol–water partition coefficient (Wildman–Crippen LogP) is 5.99. The monoisotopic (exact) mass is 553 g/mol. The topological polar surface area (TPSA) is 130 Å². The molecule has 9 nitrogen and oxygen atoms in total. The summed E-state index contributed by atoms with van der Waals surface area (Å²) < 4.78 is 20.5. The van der Waals surface area contributed by atoms with Gasteiger partial charge in [0, 0.05) is 24.7 Å². The largest absolute Gasteiger partial charge is 0.492 e. The van der Waals surface area contributed by atoms with Crippen molar-refractivity contribution in [2.45, 2.75) is 44.8 Å². The highest BCUT2D eigenvalue weighted by Crippen LogP contribution is 2.35. The van der Waals surface area contributed by atoms with Crippen molar-refractivity contribution in [2.24, 2.45) is 4.99 Å². The van der Waals surface area contributed by atoms with Crippen molar-refractivity contribution in [2.75, 3.05) is 23.0 Å². The Hall–Kier alpha value is -4.86. The van der Waals surface area contributed by atoms with E-state index in [0.717, 1.165) is 24.8 Å². The molecule has 1 heterocycles. The van der Waals surface area contributed by atoms with Crippen LogP contribution in [0.15, 0.2) is 89.2 Å². The second-order valence-corrected chi connectivity index (χ2v) is 10.0. The SMILES string of the molecule is CC(Nc1ncnc(N)c1C(=N)C1=CC(F)=C(OC2CC2)CC1)C(=Nc1ccccc1C=O)N(C)c1ccccc1. The van der Waals surface area contributed by atoms with E-state index in [4.69, 9.17) is 20.9 Å².